The van der Waals surface area contributed by atoms with Gasteiger partial charge in [-0.15, -0.1) is 0 Å². The maximum atomic E-state index is 6.23. The first-order valence-corrected chi connectivity index (χ1v) is 8.59. The zero-order valence-corrected chi connectivity index (χ0v) is 13.9. The quantitative estimate of drug-likeness (QED) is 0.671. The van der Waals surface area contributed by atoms with Crippen LogP contribution in [0.3, 0.4) is 0 Å². The average Bonchev–Trinajstić information content (AvgIpc) is 2.97. The van der Waals surface area contributed by atoms with Crippen molar-refractivity contribution in [1.29, 1.82) is 0 Å². The molecular formula is C18H18Cl2N2. The summed E-state index contributed by atoms with van der Waals surface area (Å²) in [6.07, 6.45) is 8.30. The van der Waals surface area contributed by atoms with Gasteiger partial charge in [0.1, 0.15) is 5.82 Å². The lowest BCUT2D eigenvalue weighted by Gasteiger charge is -2.42. The molecule has 4 rings (SSSR count). The molecular weight excluding hydrogens is 315 g/mol. The van der Waals surface area contributed by atoms with Gasteiger partial charge < -0.3 is 4.90 Å². The molecule has 0 unspecified atom stereocenters. The fourth-order valence-corrected chi connectivity index (χ4v) is 4.30. The van der Waals surface area contributed by atoms with Crippen LogP contribution in [0.1, 0.15) is 31.2 Å². The molecule has 2 nitrogen and oxygen atoms in total. The lowest BCUT2D eigenvalue weighted by Crippen LogP contribution is -2.40. The fourth-order valence-electron chi connectivity index (χ4n) is 4.01. The molecule has 0 radical (unpaired) electrons. The van der Waals surface area contributed by atoms with E-state index in [9.17, 15) is 0 Å². The molecule has 0 amide bonds. The van der Waals surface area contributed by atoms with Crippen LogP contribution in [-0.4, -0.2) is 11.5 Å². The molecule has 0 bridgehead atoms. The summed E-state index contributed by atoms with van der Waals surface area (Å²) < 4.78 is 0. The van der Waals surface area contributed by atoms with Gasteiger partial charge in [-0.2, -0.15) is 0 Å². The topological polar surface area (TPSA) is 16.1 Å². The van der Waals surface area contributed by atoms with Crippen LogP contribution in [0.15, 0.2) is 36.5 Å². The first kappa shape index (κ1) is 14.3. The molecule has 1 aromatic carbocycles. The Morgan fingerprint density at radius 1 is 1.05 bits per heavy atom. The lowest BCUT2D eigenvalue weighted by atomic mass is 9.77. The van der Waals surface area contributed by atoms with E-state index in [1.807, 2.05) is 30.5 Å². The monoisotopic (exact) mass is 332 g/mol. The van der Waals surface area contributed by atoms with Gasteiger partial charge in [-0.3, -0.25) is 0 Å². The number of rotatable bonds is 1. The Balaban J connectivity index is 1.81. The number of benzene rings is 1. The van der Waals surface area contributed by atoms with E-state index in [4.69, 9.17) is 23.2 Å². The van der Waals surface area contributed by atoms with Crippen molar-refractivity contribution >= 4 is 34.7 Å². The highest BCUT2D eigenvalue weighted by Gasteiger charge is 2.40. The third-order valence-electron chi connectivity index (χ3n) is 5.06. The molecule has 1 spiro atoms. The van der Waals surface area contributed by atoms with Crippen LogP contribution in [-0.2, 0) is 6.42 Å². The van der Waals surface area contributed by atoms with E-state index in [-0.39, 0.29) is 0 Å². The van der Waals surface area contributed by atoms with Crippen LogP contribution in [0.5, 0.6) is 0 Å². The molecule has 0 atom stereocenters. The van der Waals surface area contributed by atoms with Crippen LogP contribution in [0, 0.1) is 5.41 Å². The highest BCUT2D eigenvalue weighted by Crippen LogP contribution is 2.48. The van der Waals surface area contributed by atoms with Crippen molar-refractivity contribution in [2.24, 2.45) is 5.41 Å². The molecule has 0 N–H and O–H groups in total. The van der Waals surface area contributed by atoms with E-state index < -0.39 is 0 Å². The van der Waals surface area contributed by atoms with Gasteiger partial charge in [-0.05, 0) is 54.5 Å². The number of anilines is 2. The lowest BCUT2D eigenvalue weighted by molar-refractivity contribution is 0.293. The van der Waals surface area contributed by atoms with Gasteiger partial charge in [0, 0.05) is 18.4 Å². The van der Waals surface area contributed by atoms with Gasteiger partial charge >= 0.3 is 0 Å². The zero-order valence-electron chi connectivity index (χ0n) is 12.4. The summed E-state index contributed by atoms with van der Waals surface area (Å²) >= 11 is 12.3. The summed E-state index contributed by atoms with van der Waals surface area (Å²) in [4.78, 5) is 6.96. The van der Waals surface area contributed by atoms with E-state index >= 15 is 0 Å². The minimum atomic E-state index is 0.391. The summed E-state index contributed by atoms with van der Waals surface area (Å²) in [5.41, 5.74) is 2.82. The second-order valence-corrected chi connectivity index (χ2v) is 7.37. The second-order valence-electron chi connectivity index (χ2n) is 6.55. The van der Waals surface area contributed by atoms with Crippen molar-refractivity contribution in [2.75, 3.05) is 11.4 Å². The predicted octanol–water partition coefficient (Wildman–Crippen LogP) is 5.64. The van der Waals surface area contributed by atoms with E-state index in [2.05, 4.69) is 16.0 Å². The van der Waals surface area contributed by atoms with Gasteiger partial charge in [-0.1, -0.05) is 42.1 Å². The molecule has 114 valence electrons. The smallest absolute Gasteiger partial charge is 0.136 e. The molecule has 1 fully saturated rings. The summed E-state index contributed by atoms with van der Waals surface area (Å²) in [7, 11) is 0. The number of aromatic nitrogens is 1. The molecule has 2 heterocycles. The third kappa shape index (κ3) is 2.39. The van der Waals surface area contributed by atoms with E-state index in [0.29, 0.717) is 15.5 Å². The van der Waals surface area contributed by atoms with Crippen molar-refractivity contribution in [1.82, 2.24) is 4.98 Å². The Morgan fingerprint density at radius 2 is 1.86 bits per heavy atom. The highest BCUT2D eigenvalue weighted by molar-refractivity contribution is 6.42. The van der Waals surface area contributed by atoms with Crippen LogP contribution in [0.4, 0.5) is 11.5 Å². The Kier molecular flexibility index (Phi) is 3.54. The fraction of sp³-hybridized carbons (Fsp3) is 0.389. The number of halogens is 2. The molecule has 1 aliphatic carbocycles. The average molecular weight is 333 g/mol. The number of pyridine rings is 1. The van der Waals surface area contributed by atoms with E-state index in [0.717, 1.165) is 24.5 Å². The maximum Gasteiger partial charge on any atom is 0.136 e. The number of fused-ring (bicyclic) bond motifs is 1. The Labute approximate surface area is 141 Å². The first-order valence-electron chi connectivity index (χ1n) is 7.83. The third-order valence-corrected chi connectivity index (χ3v) is 5.80. The minimum Gasteiger partial charge on any atom is -0.326 e. The van der Waals surface area contributed by atoms with Gasteiger partial charge in [0.05, 0.1) is 10.0 Å². The van der Waals surface area contributed by atoms with Crippen molar-refractivity contribution in [3.8, 4) is 0 Å². The molecule has 0 saturated heterocycles. The number of hydrogen-bond acceptors (Lipinski definition) is 2. The molecule has 2 aromatic rings. The Morgan fingerprint density at radius 3 is 2.64 bits per heavy atom. The molecule has 1 aromatic heterocycles. The normalized spacial score (nSPS) is 19.5. The van der Waals surface area contributed by atoms with Gasteiger partial charge in [0.25, 0.3) is 0 Å². The maximum absolute atomic E-state index is 6.23. The second kappa shape index (κ2) is 5.43. The Hall–Kier alpha value is -1.25. The minimum absolute atomic E-state index is 0.391. The summed E-state index contributed by atoms with van der Waals surface area (Å²) in [6.45, 7) is 1.02. The number of hydrogen-bond donors (Lipinski definition) is 0. The van der Waals surface area contributed by atoms with Gasteiger partial charge in [-0.25, -0.2) is 4.98 Å². The SMILES string of the molecule is Clc1ccc(N2CC3(CCCC3)Cc3cccnc32)cc1Cl. The van der Waals surface area contributed by atoms with Crippen molar-refractivity contribution in [3.63, 3.8) is 0 Å². The van der Waals surface area contributed by atoms with Gasteiger partial charge in [0.2, 0.25) is 0 Å². The number of nitrogens with zero attached hydrogens (tertiary/aromatic N) is 2. The van der Waals surface area contributed by atoms with Crippen molar-refractivity contribution in [2.45, 2.75) is 32.1 Å². The summed E-state index contributed by atoms with van der Waals surface area (Å²) in [6, 6.07) is 10.1. The summed E-state index contributed by atoms with van der Waals surface area (Å²) in [5, 5.41) is 1.20. The highest BCUT2D eigenvalue weighted by atomic mass is 35.5. The molecule has 1 aliphatic heterocycles. The van der Waals surface area contributed by atoms with Gasteiger partial charge in [0.15, 0.2) is 0 Å². The molecule has 2 aliphatic rings. The largest absolute Gasteiger partial charge is 0.326 e. The van der Waals surface area contributed by atoms with Crippen molar-refractivity contribution < 1.29 is 0 Å². The Bertz CT molecular complexity index is 708. The first-order chi connectivity index (χ1) is 10.7. The molecule has 4 heteroatoms. The van der Waals surface area contributed by atoms with Crippen LogP contribution < -0.4 is 4.90 Å². The van der Waals surface area contributed by atoms with Crippen molar-refractivity contribution in [3.05, 3.63) is 52.1 Å². The molecule has 22 heavy (non-hydrogen) atoms. The van der Waals surface area contributed by atoms with E-state index in [1.165, 1.54) is 31.2 Å². The summed E-state index contributed by atoms with van der Waals surface area (Å²) in [5.74, 6) is 1.07. The predicted molar refractivity (Wildman–Crippen MR) is 92.3 cm³/mol. The van der Waals surface area contributed by atoms with Crippen LogP contribution in [0.2, 0.25) is 10.0 Å². The van der Waals surface area contributed by atoms with E-state index in [1.54, 1.807) is 0 Å². The zero-order chi connectivity index (χ0) is 15.2. The van der Waals surface area contributed by atoms with Crippen LogP contribution >= 0.6 is 23.2 Å². The van der Waals surface area contributed by atoms with Crippen LogP contribution in [0.25, 0.3) is 0 Å². The standard InChI is InChI=1S/C18H18Cl2N2/c19-15-6-5-14(10-16(15)20)22-12-18(7-1-2-8-18)11-13-4-3-9-21-17(13)22/h3-6,9-10H,1-2,7-8,11-12H2. The molecule has 1 saturated carbocycles.